The van der Waals surface area contributed by atoms with Crippen molar-refractivity contribution in [3.63, 3.8) is 0 Å². The van der Waals surface area contributed by atoms with E-state index in [-0.39, 0.29) is 17.9 Å². The monoisotopic (exact) mass is 234 g/mol. The molecule has 0 atom stereocenters. The number of hydrogen-bond acceptors (Lipinski definition) is 3. The summed E-state index contributed by atoms with van der Waals surface area (Å²) in [5.41, 5.74) is 1.82. The molecule has 0 spiro atoms. The van der Waals surface area contributed by atoms with E-state index in [9.17, 15) is 4.79 Å². The Kier molecular flexibility index (Phi) is 3.43. The molecule has 1 heterocycles. The highest BCUT2D eigenvalue weighted by Crippen LogP contribution is 2.44. The normalized spacial score (nSPS) is 16.6. The van der Waals surface area contributed by atoms with E-state index < -0.39 is 0 Å². The minimum Gasteiger partial charge on any atom is -0.396 e. The van der Waals surface area contributed by atoms with Crippen molar-refractivity contribution in [2.24, 2.45) is 5.41 Å². The van der Waals surface area contributed by atoms with Crippen molar-refractivity contribution >= 4 is 5.91 Å². The van der Waals surface area contributed by atoms with Crippen molar-refractivity contribution in [2.75, 3.05) is 13.2 Å². The molecule has 17 heavy (non-hydrogen) atoms. The van der Waals surface area contributed by atoms with Crippen LogP contribution in [0.5, 0.6) is 0 Å². The highest BCUT2D eigenvalue weighted by Gasteiger charge is 2.41. The second kappa shape index (κ2) is 4.84. The maximum Gasteiger partial charge on any atom is 0.226 e. The summed E-state index contributed by atoms with van der Waals surface area (Å²) in [5, 5.41) is 12.0. The molecule has 1 aliphatic carbocycles. The molecule has 0 unspecified atom stereocenters. The van der Waals surface area contributed by atoms with E-state index in [2.05, 4.69) is 10.3 Å². The van der Waals surface area contributed by atoms with Crippen LogP contribution in [-0.2, 0) is 11.2 Å². The van der Waals surface area contributed by atoms with Gasteiger partial charge in [-0.2, -0.15) is 0 Å². The molecule has 1 saturated carbocycles. The molecule has 0 aliphatic heterocycles. The van der Waals surface area contributed by atoms with E-state index in [1.165, 1.54) is 0 Å². The van der Waals surface area contributed by atoms with E-state index in [4.69, 9.17) is 5.11 Å². The third-order valence-corrected chi connectivity index (χ3v) is 3.40. The van der Waals surface area contributed by atoms with Crippen LogP contribution < -0.4 is 5.32 Å². The van der Waals surface area contributed by atoms with E-state index in [0.29, 0.717) is 13.0 Å². The average molecular weight is 234 g/mol. The van der Waals surface area contributed by atoms with Crippen molar-refractivity contribution in [3.05, 3.63) is 29.6 Å². The van der Waals surface area contributed by atoms with Gasteiger partial charge < -0.3 is 10.4 Å². The largest absolute Gasteiger partial charge is 0.396 e. The zero-order valence-electron chi connectivity index (χ0n) is 10.1. The summed E-state index contributed by atoms with van der Waals surface area (Å²) in [4.78, 5) is 15.9. The molecule has 1 aromatic rings. The zero-order valence-corrected chi connectivity index (χ0v) is 10.1. The standard InChI is InChI=1S/C13H18N2O2/c1-10-3-2-6-14-11(10)7-12(17)15-8-13(9-16)4-5-13/h2-3,6,16H,4-5,7-9H2,1H3,(H,15,17). The van der Waals surface area contributed by atoms with Gasteiger partial charge in [-0.1, -0.05) is 6.07 Å². The predicted molar refractivity (Wildman–Crippen MR) is 64.4 cm³/mol. The van der Waals surface area contributed by atoms with Crippen molar-refractivity contribution < 1.29 is 9.90 Å². The topological polar surface area (TPSA) is 62.2 Å². The lowest BCUT2D eigenvalue weighted by Crippen LogP contribution is -2.33. The van der Waals surface area contributed by atoms with Crippen molar-refractivity contribution in [1.29, 1.82) is 0 Å². The molecule has 1 aliphatic rings. The summed E-state index contributed by atoms with van der Waals surface area (Å²) in [7, 11) is 0. The number of pyridine rings is 1. The minimum absolute atomic E-state index is 0.0217. The minimum atomic E-state index is -0.0329. The number of aromatic nitrogens is 1. The quantitative estimate of drug-likeness (QED) is 0.793. The van der Waals surface area contributed by atoms with Gasteiger partial charge in [-0.25, -0.2) is 0 Å². The fourth-order valence-corrected chi connectivity index (χ4v) is 1.77. The van der Waals surface area contributed by atoms with Crippen molar-refractivity contribution in [2.45, 2.75) is 26.2 Å². The molecule has 0 saturated heterocycles. The highest BCUT2D eigenvalue weighted by molar-refractivity contribution is 5.78. The molecular formula is C13H18N2O2. The number of aliphatic hydroxyl groups excluding tert-OH is 1. The lowest BCUT2D eigenvalue weighted by Gasteiger charge is -2.12. The number of nitrogens with one attached hydrogen (secondary N) is 1. The number of aryl methyl sites for hydroxylation is 1. The van der Waals surface area contributed by atoms with Gasteiger partial charge in [-0.3, -0.25) is 9.78 Å². The number of rotatable bonds is 5. The number of carbonyl (C=O) groups excluding carboxylic acids is 1. The average Bonchev–Trinajstić information content (AvgIpc) is 3.10. The second-order valence-electron chi connectivity index (χ2n) is 4.88. The Morgan fingerprint density at radius 1 is 1.59 bits per heavy atom. The number of carbonyl (C=O) groups is 1. The summed E-state index contributed by atoms with van der Waals surface area (Å²) in [6.45, 7) is 2.69. The first-order valence-electron chi connectivity index (χ1n) is 5.93. The zero-order chi connectivity index (χ0) is 12.3. The van der Waals surface area contributed by atoms with Crippen molar-refractivity contribution in [3.8, 4) is 0 Å². The van der Waals surface area contributed by atoms with Crippen LogP contribution in [0, 0.1) is 12.3 Å². The van der Waals surface area contributed by atoms with Gasteiger partial charge in [-0.15, -0.1) is 0 Å². The molecule has 4 heteroatoms. The molecule has 0 radical (unpaired) electrons. The summed E-state index contributed by atoms with van der Waals surface area (Å²) < 4.78 is 0. The Morgan fingerprint density at radius 3 is 2.94 bits per heavy atom. The SMILES string of the molecule is Cc1cccnc1CC(=O)NCC1(CO)CC1. The smallest absolute Gasteiger partial charge is 0.226 e. The second-order valence-corrected chi connectivity index (χ2v) is 4.88. The van der Waals surface area contributed by atoms with Crippen LogP contribution in [0.1, 0.15) is 24.1 Å². The Bertz CT molecular complexity index is 414. The van der Waals surface area contributed by atoms with Gasteiger partial charge in [-0.05, 0) is 31.4 Å². The van der Waals surface area contributed by atoms with Gasteiger partial charge in [0.1, 0.15) is 0 Å². The maximum atomic E-state index is 11.7. The van der Waals surface area contributed by atoms with Crippen LogP contribution in [0.4, 0.5) is 0 Å². The van der Waals surface area contributed by atoms with Gasteiger partial charge in [0.25, 0.3) is 0 Å². The number of hydrogen-bond donors (Lipinski definition) is 2. The number of aliphatic hydroxyl groups is 1. The molecule has 0 aromatic carbocycles. The van der Waals surface area contributed by atoms with E-state index in [1.807, 2.05) is 19.1 Å². The van der Waals surface area contributed by atoms with E-state index in [0.717, 1.165) is 24.1 Å². The van der Waals surface area contributed by atoms with Crippen LogP contribution >= 0.6 is 0 Å². The summed E-state index contributed by atoms with van der Waals surface area (Å²) in [5.74, 6) is -0.0217. The van der Waals surface area contributed by atoms with Crippen LogP contribution in [0.2, 0.25) is 0 Å². The number of nitrogens with zero attached hydrogens (tertiary/aromatic N) is 1. The van der Waals surface area contributed by atoms with Crippen LogP contribution in [0.3, 0.4) is 0 Å². The summed E-state index contributed by atoms with van der Waals surface area (Å²) in [6.07, 6.45) is 4.03. The predicted octanol–water partition coefficient (Wildman–Crippen LogP) is 0.821. The molecule has 4 nitrogen and oxygen atoms in total. The fourth-order valence-electron chi connectivity index (χ4n) is 1.77. The summed E-state index contributed by atoms with van der Waals surface area (Å²) in [6, 6.07) is 3.81. The molecule has 2 N–H and O–H groups in total. The van der Waals surface area contributed by atoms with Gasteiger partial charge in [0, 0.05) is 18.2 Å². The first-order chi connectivity index (χ1) is 8.15. The maximum absolute atomic E-state index is 11.7. The Balaban J connectivity index is 1.83. The third kappa shape index (κ3) is 3.03. The van der Waals surface area contributed by atoms with Gasteiger partial charge >= 0.3 is 0 Å². The molecule has 92 valence electrons. The molecule has 2 rings (SSSR count). The van der Waals surface area contributed by atoms with E-state index in [1.54, 1.807) is 6.20 Å². The first-order valence-corrected chi connectivity index (χ1v) is 5.93. The first kappa shape index (κ1) is 12.0. The van der Waals surface area contributed by atoms with Crippen LogP contribution in [-0.4, -0.2) is 29.1 Å². The van der Waals surface area contributed by atoms with Gasteiger partial charge in [0.2, 0.25) is 5.91 Å². The third-order valence-electron chi connectivity index (χ3n) is 3.40. The molecule has 1 aromatic heterocycles. The number of amides is 1. The fraction of sp³-hybridized carbons (Fsp3) is 0.538. The Morgan fingerprint density at radius 2 is 2.35 bits per heavy atom. The molecule has 1 amide bonds. The van der Waals surface area contributed by atoms with Crippen LogP contribution in [0.25, 0.3) is 0 Å². The van der Waals surface area contributed by atoms with Gasteiger partial charge in [0.05, 0.1) is 18.7 Å². The molecule has 0 bridgehead atoms. The highest BCUT2D eigenvalue weighted by atomic mass is 16.3. The lowest BCUT2D eigenvalue weighted by atomic mass is 10.1. The van der Waals surface area contributed by atoms with Crippen LogP contribution in [0.15, 0.2) is 18.3 Å². The summed E-state index contributed by atoms with van der Waals surface area (Å²) >= 11 is 0. The van der Waals surface area contributed by atoms with Gasteiger partial charge in [0.15, 0.2) is 0 Å². The molecular weight excluding hydrogens is 216 g/mol. The molecule has 1 fully saturated rings. The van der Waals surface area contributed by atoms with Crippen molar-refractivity contribution in [1.82, 2.24) is 10.3 Å². The Hall–Kier alpha value is -1.42. The lowest BCUT2D eigenvalue weighted by molar-refractivity contribution is -0.120. The van der Waals surface area contributed by atoms with E-state index >= 15 is 0 Å². The Labute approximate surface area is 101 Å².